The van der Waals surface area contributed by atoms with E-state index in [4.69, 9.17) is 16.3 Å². The quantitative estimate of drug-likeness (QED) is 0.675. The van der Waals surface area contributed by atoms with E-state index in [1.54, 1.807) is 0 Å². The van der Waals surface area contributed by atoms with Crippen molar-refractivity contribution in [2.75, 3.05) is 44.7 Å². The van der Waals surface area contributed by atoms with Crippen molar-refractivity contribution in [3.63, 3.8) is 0 Å². The number of aromatic nitrogens is 3. The molecule has 3 aromatic rings. The van der Waals surface area contributed by atoms with Gasteiger partial charge in [-0.15, -0.1) is 0 Å². The fourth-order valence-corrected chi connectivity index (χ4v) is 3.40. The minimum Gasteiger partial charge on any atom is -0.379 e. The Labute approximate surface area is 157 Å². The number of benzene rings is 1. The van der Waals surface area contributed by atoms with Gasteiger partial charge in [-0.1, -0.05) is 30.3 Å². The minimum atomic E-state index is 0.263. The average Bonchev–Trinajstić information content (AvgIpc) is 3.06. The first-order valence-electron chi connectivity index (χ1n) is 8.90. The highest BCUT2D eigenvalue weighted by Crippen LogP contribution is 2.24. The van der Waals surface area contributed by atoms with Crippen LogP contribution >= 0.6 is 11.6 Å². The van der Waals surface area contributed by atoms with Crippen molar-refractivity contribution in [1.29, 1.82) is 0 Å². The number of halogens is 1. The third-order valence-electron chi connectivity index (χ3n) is 4.61. The number of hydrogen-bond donors (Lipinski definition) is 1. The van der Waals surface area contributed by atoms with Gasteiger partial charge >= 0.3 is 0 Å². The summed E-state index contributed by atoms with van der Waals surface area (Å²) in [4.78, 5) is 11.2. The van der Waals surface area contributed by atoms with Crippen molar-refractivity contribution in [2.45, 2.75) is 6.54 Å². The van der Waals surface area contributed by atoms with E-state index in [-0.39, 0.29) is 5.28 Å². The number of morpholine rings is 1. The fourth-order valence-electron chi connectivity index (χ4n) is 3.24. The van der Waals surface area contributed by atoms with Gasteiger partial charge in [0.05, 0.1) is 18.6 Å². The molecule has 26 heavy (non-hydrogen) atoms. The molecule has 0 aliphatic carbocycles. The van der Waals surface area contributed by atoms with Crippen LogP contribution in [0.1, 0.15) is 5.56 Å². The van der Waals surface area contributed by atoms with Crippen LogP contribution in [-0.4, -0.2) is 58.8 Å². The Kier molecular flexibility index (Phi) is 5.34. The van der Waals surface area contributed by atoms with Crippen molar-refractivity contribution in [3.05, 3.63) is 53.4 Å². The highest BCUT2D eigenvalue weighted by atomic mass is 35.5. The van der Waals surface area contributed by atoms with E-state index >= 15 is 0 Å². The van der Waals surface area contributed by atoms with Gasteiger partial charge in [0.25, 0.3) is 0 Å². The van der Waals surface area contributed by atoms with E-state index in [0.717, 1.165) is 62.8 Å². The number of nitrogens with one attached hydrogen (secondary N) is 1. The van der Waals surface area contributed by atoms with Crippen LogP contribution in [0.3, 0.4) is 0 Å². The zero-order valence-corrected chi connectivity index (χ0v) is 15.3. The maximum absolute atomic E-state index is 6.18. The average molecular weight is 372 g/mol. The van der Waals surface area contributed by atoms with E-state index in [1.165, 1.54) is 5.56 Å². The molecule has 1 N–H and O–H groups in total. The van der Waals surface area contributed by atoms with Crippen LogP contribution in [0.25, 0.3) is 11.0 Å². The molecule has 0 bridgehead atoms. The molecule has 1 aliphatic heterocycles. The molecule has 3 heterocycles. The number of anilines is 1. The van der Waals surface area contributed by atoms with Gasteiger partial charge in [-0.3, -0.25) is 4.90 Å². The second kappa shape index (κ2) is 8.03. The Morgan fingerprint density at radius 1 is 1.08 bits per heavy atom. The second-order valence-corrected chi connectivity index (χ2v) is 6.73. The molecule has 4 rings (SSSR count). The Morgan fingerprint density at radius 2 is 1.88 bits per heavy atom. The molecule has 0 saturated carbocycles. The van der Waals surface area contributed by atoms with Crippen LogP contribution in [-0.2, 0) is 11.3 Å². The molecule has 0 atom stereocenters. The maximum atomic E-state index is 6.18. The van der Waals surface area contributed by atoms with Crippen molar-refractivity contribution >= 4 is 28.5 Å². The first-order chi connectivity index (χ1) is 12.8. The number of fused-ring (bicyclic) bond motifs is 1. The van der Waals surface area contributed by atoms with E-state index in [1.807, 2.05) is 30.5 Å². The van der Waals surface area contributed by atoms with Crippen LogP contribution in [0.4, 0.5) is 5.82 Å². The number of nitrogens with zero attached hydrogens (tertiary/aromatic N) is 4. The molecule has 0 unspecified atom stereocenters. The first kappa shape index (κ1) is 17.3. The molecule has 1 fully saturated rings. The van der Waals surface area contributed by atoms with Crippen molar-refractivity contribution in [1.82, 2.24) is 19.4 Å². The lowest BCUT2D eigenvalue weighted by Gasteiger charge is -2.26. The summed E-state index contributed by atoms with van der Waals surface area (Å²) in [6, 6.07) is 12.4. The molecule has 136 valence electrons. The highest BCUT2D eigenvalue weighted by molar-refractivity contribution is 6.28. The molecule has 6 nitrogen and oxygen atoms in total. The van der Waals surface area contributed by atoms with Gasteiger partial charge in [-0.05, 0) is 23.2 Å². The first-order valence-corrected chi connectivity index (χ1v) is 9.28. The summed E-state index contributed by atoms with van der Waals surface area (Å²) in [5.41, 5.74) is 2.07. The molecule has 0 radical (unpaired) electrons. The molecular formula is C19H22ClN5O. The molecule has 1 aliphatic rings. The van der Waals surface area contributed by atoms with Crippen molar-refractivity contribution < 1.29 is 4.74 Å². The third-order valence-corrected chi connectivity index (χ3v) is 4.78. The third kappa shape index (κ3) is 3.98. The topological polar surface area (TPSA) is 55.2 Å². The maximum Gasteiger partial charge on any atom is 0.226 e. The van der Waals surface area contributed by atoms with Crippen LogP contribution in [0, 0.1) is 0 Å². The van der Waals surface area contributed by atoms with Gasteiger partial charge in [0, 0.05) is 38.9 Å². The molecular weight excluding hydrogens is 350 g/mol. The summed E-state index contributed by atoms with van der Waals surface area (Å²) in [5, 5.41) is 4.68. The molecule has 7 heteroatoms. The standard InChI is InChI=1S/C19H22ClN5O/c20-19-22-17(21-7-9-24-10-12-26-13-11-24)16-6-8-25(18(16)23-19)14-15-4-2-1-3-5-15/h1-6,8H,7,9-14H2,(H,21,22,23). The lowest BCUT2D eigenvalue weighted by molar-refractivity contribution is 0.0398. The normalized spacial score (nSPS) is 15.4. The predicted molar refractivity (Wildman–Crippen MR) is 104 cm³/mol. The molecule has 0 amide bonds. The van der Waals surface area contributed by atoms with Gasteiger partial charge in [-0.25, -0.2) is 4.98 Å². The molecule has 1 aromatic carbocycles. The zero-order valence-electron chi connectivity index (χ0n) is 14.6. The summed E-state index contributed by atoms with van der Waals surface area (Å²) in [6.45, 7) is 6.11. The van der Waals surface area contributed by atoms with E-state index in [0.29, 0.717) is 0 Å². The van der Waals surface area contributed by atoms with Crippen LogP contribution in [0.15, 0.2) is 42.6 Å². The zero-order chi connectivity index (χ0) is 17.8. The predicted octanol–water partition coefficient (Wildman–Crippen LogP) is 2.88. The Morgan fingerprint density at radius 3 is 2.69 bits per heavy atom. The summed E-state index contributed by atoms with van der Waals surface area (Å²) < 4.78 is 7.49. The summed E-state index contributed by atoms with van der Waals surface area (Å²) in [5.74, 6) is 0.792. The highest BCUT2D eigenvalue weighted by Gasteiger charge is 2.13. The Bertz CT molecular complexity index is 861. The number of rotatable bonds is 6. The Hall–Kier alpha value is -2.15. The summed E-state index contributed by atoms with van der Waals surface area (Å²) in [6.07, 6.45) is 2.04. The Balaban J connectivity index is 1.50. The molecule has 2 aromatic heterocycles. The van der Waals surface area contributed by atoms with E-state index < -0.39 is 0 Å². The van der Waals surface area contributed by atoms with Gasteiger partial charge in [0.2, 0.25) is 5.28 Å². The number of hydrogen-bond acceptors (Lipinski definition) is 5. The van der Waals surface area contributed by atoms with Crippen molar-refractivity contribution in [3.8, 4) is 0 Å². The van der Waals surface area contributed by atoms with Crippen LogP contribution < -0.4 is 5.32 Å². The van der Waals surface area contributed by atoms with Gasteiger partial charge < -0.3 is 14.6 Å². The van der Waals surface area contributed by atoms with Gasteiger partial charge in [-0.2, -0.15) is 4.98 Å². The van der Waals surface area contributed by atoms with Gasteiger partial charge in [0.15, 0.2) is 0 Å². The fraction of sp³-hybridized carbons (Fsp3) is 0.368. The lowest BCUT2D eigenvalue weighted by atomic mass is 10.2. The second-order valence-electron chi connectivity index (χ2n) is 6.39. The SMILES string of the molecule is Clc1nc(NCCN2CCOCC2)c2ccn(Cc3ccccc3)c2n1. The summed E-state index contributed by atoms with van der Waals surface area (Å²) in [7, 11) is 0. The largest absolute Gasteiger partial charge is 0.379 e. The van der Waals surface area contributed by atoms with Gasteiger partial charge in [0.1, 0.15) is 11.5 Å². The van der Waals surface area contributed by atoms with Crippen LogP contribution in [0.2, 0.25) is 5.28 Å². The smallest absolute Gasteiger partial charge is 0.226 e. The summed E-state index contributed by atoms with van der Waals surface area (Å²) >= 11 is 6.18. The minimum absolute atomic E-state index is 0.263. The lowest BCUT2D eigenvalue weighted by Crippen LogP contribution is -2.39. The van der Waals surface area contributed by atoms with E-state index in [2.05, 4.69) is 36.9 Å². The number of ether oxygens (including phenoxy) is 1. The molecule has 0 spiro atoms. The van der Waals surface area contributed by atoms with Crippen LogP contribution in [0.5, 0.6) is 0 Å². The van der Waals surface area contributed by atoms with Crippen molar-refractivity contribution in [2.24, 2.45) is 0 Å². The molecule has 1 saturated heterocycles. The van der Waals surface area contributed by atoms with E-state index in [9.17, 15) is 0 Å². The monoisotopic (exact) mass is 371 g/mol.